The fourth-order valence-electron chi connectivity index (χ4n) is 3.17. The maximum Gasteiger partial charge on any atom is 0.165 e. The Kier molecular flexibility index (Phi) is 2.98. The average Bonchev–Trinajstić information content (AvgIpc) is 3.04. The normalized spacial score (nSPS) is 22.1. The van der Waals surface area contributed by atoms with E-state index in [2.05, 4.69) is 12.1 Å². The monoisotopic (exact) mass is 243 g/mol. The van der Waals surface area contributed by atoms with Gasteiger partial charge in [-0.15, -0.1) is 0 Å². The number of carbonyl (C=O) groups excluding carboxylic acids is 1. The van der Waals surface area contributed by atoms with Crippen molar-refractivity contribution < 1.29 is 4.79 Å². The van der Waals surface area contributed by atoms with Crippen LogP contribution >= 0.6 is 0 Å². The zero-order valence-corrected chi connectivity index (χ0v) is 10.8. The van der Waals surface area contributed by atoms with Crippen molar-refractivity contribution in [1.29, 1.82) is 0 Å². The van der Waals surface area contributed by atoms with Gasteiger partial charge >= 0.3 is 0 Å². The van der Waals surface area contributed by atoms with Crippen LogP contribution in [0.15, 0.2) is 24.3 Å². The molecule has 2 nitrogen and oxygen atoms in total. The van der Waals surface area contributed by atoms with Crippen LogP contribution in [0.5, 0.6) is 0 Å². The molecular weight excluding hydrogens is 222 g/mol. The highest BCUT2D eigenvalue weighted by atomic mass is 16.1. The predicted octanol–water partition coefficient (Wildman–Crippen LogP) is 3.05. The van der Waals surface area contributed by atoms with E-state index in [9.17, 15) is 4.79 Å². The minimum absolute atomic E-state index is 0.231. The Bertz CT molecular complexity index is 439. The molecule has 2 N–H and O–H groups in total. The molecule has 18 heavy (non-hydrogen) atoms. The molecule has 0 radical (unpaired) electrons. The van der Waals surface area contributed by atoms with Crippen LogP contribution in [-0.2, 0) is 5.41 Å². The lowest BCUT2D eigenvalue weighted by Crippen LogP contribution is -2.20. The first-order valence-electron chi connectivity index (χ1n) is 7.10. The maximum atomic E-state index is 12.3. The van der Waals surface area contributed by atoms with Gasteiger partial charge in [-0.1, -0.05) is 37.1 Å². The van der Waals surface area contributed by atoms with Crippen molar-refractivity contribution in [2.75, 3.05) is 6.54 Å². The smallest absolute Gasteiger partial charge is 0.165 e. The lowest BCUT2D eigenvalue weighted by atomic mass is 9.91. The summed E-state index contributed by atoms with van der Waals surface area (Å²) in [6.45, 7) is 0.725. The largest absolute Gasteiger partial charge is 0.330 e. The molecule has 2 fully saturated rings. The molecule has 0 saturated heterocycles. The standard InChI is InChI=1S/C16H21NO/c17-11-16(9-10-16)14-7-5-13(6-8-14)15(18)12-3-1-2-4-12/h5-8,12H,1-4,9-11,17H2. The van der Waals surface area contributed by atoms with Crippen LogP contribution in [0.3, 0.4) is 0 Å². The second kappa shape index (κ2) is 4.51. The van der Waals surface area contributed by atoms with E-state index in [4.69, 9.17) is 5.73 Å². The van der Waals surface area contributed by atoms with Crippen LogP contribution in [0.4, 0.5) is 0 Å². The van der Waals surface area contributed by atoms with Gasteiger partial charge in [-0.05, 0) is 31.2 Å². The summed E-state index contributed by atoms with van der Waals surface area (Å²) in [6.07, 6.45) is 6.97. The molecule has 2 saturated carbocycles. The Morgan fingerprint density at radius 1 is 1.17 bits per heavy atom. The molecule has 96 valence electrons. The van der Waals surface area contributed by atoms with Crippen LogP contribution in [-0.4, -0.2) is 12.3 Å². The van der Waals surface area contributed by atoms with Crippen molar-refractivity contribution in [3.8, 4) is 0 Å². The summed E-state index contributed by atoms with van der Waals surface area (Å²) in [7, 11) is 0. The summed E-state index contributed by atoms with van der Waals surface area (Å²) in [5, 5.41) is 0. The highest BCUT2D eigenvalue weighted by molar-refractivity contribution is 5.98. The predicted molar refractivity (Wildman–Crippen MR) is 72.7 cm³/mol. The SMILES string of the molecule is NCC1(c2ccc(C(=O)C3CCCC3)cc2)CC1. The van der Waals surface area contributed by atoms with Crippen molar-refractivity contribution >= 4 is 5.78 Å². The molecule has 1 aromatic carbocycles. The van der Waals surface area contributed by atoms with Crippen LogP contribution in [0.1, 0.15) is 54.4 Å². The van der Waals surface area contributed by atoms with E-state index in [1.807, 2.05) is 12.1 Å². The maximum absolute atomic E-state index is 12.3. The van der Waals surface area contributed by atoms with E-state index in [1.54, 1.807) is 0 Å². The molecule has 0 atom stereocenters. The quantitative estimate of drug-likeness (QED) is 0.826. The Morgan fingerprint density at radius 3 is 2.28 bits per heavy atom. The van der Waals surface area contributed by atoms with Crippen LogP contribution < -0.4 is 5.73 Å². The molecule has 2 aliphatic carbocycles. The molecule has 0 bridgehead atoms. The summed E-state index contributed by atoms with van der Waals surface area (Å²) in [5.41, 5.74) is 8.26. The number of carbonyl (C=O) groups is 1. The van der Waals surface area contributed by atoms with Crippen LogP contribution in [0.2, 0.25) is 0 Å². The second-order valence-electron chi connectivity index (χ2n) is 5.91. The number of ketones is 1. The van der Waals surface area contributed by atoms with E-state index in [1.165, 1.54) is 31.2 Å². The van der Waals surface area contributed by atoms with Gasteiger partial charge in [-0.3, -0.25) is 4.79 Å². The number of benzene rings is 1. The number of hydrogen-bond acceptors (Lipinski definition) is 2. The highest BCUT2D eigenvalue weighted by Gasteiger charge is 2.42. The Morgan fingerprint density at radius 2 is 1.78 bits per heavy atom. The molecule has 1 aromatic rings. The molecule has 2 heteroatoms. The first-order valence-corrected chi connectivity index (χ1v) is 7.10. The van der Waals surface area contributed by atoms with Crippen LogP contribution in [0.25, 0.3) is 0 Å². The van der Waals surface area contributed by atoms with Gasteiger partial charge in [0.15, 0.2) is 5.78 Å². The van der Waals surface area contributed by atoms with Gasteiger partial charge in [0.05, 0.1) is 0 Å². The topological polar surface area (TPSA) is 43.1 Å². The van der Waals surface area contributed by atoms with E-state index in [0.29, 0.717) is 5.78 Å². The van der Waals surface area contributed by atoms with Gasteiger partial charge in [0.1, 0.15) is 0 Å². The van der Waals surface area contributed by atoms with Crippen molar-refractivity contribution in [2.24, 2.45) is 11.7 Å². The fourth-order valence-corrected chi connectivity index (χ4v) is 3.17. The van der Waals surface area contributed by atoms with Gasteiger partial charge in [0, 0.05) is 23.4 Å². The Labute approximate surface area is 109 Å². The number of Topliss-reactive ketones (excluding diaryl/α,β-unsaturated/α-hetero) is 1. The first kappa shape index (κ1) is 11.9. The summed E-state index contributed by atoms with van der Waals surface area (Å²) >= 11 is 0. The minimum atomic E-state index is 0.231. The molecule has 0 unspecified atom stereocenters. The zero-order valence-electron chi connectivity index (χ0n) is 10.8. The first-order chi connectivity index (χ1) is 8.75. The van der Waals surface area contributed by atoms with E-state index >= 15 is 0 Å². The van der Waals surface area contributed by atoms with Gasteiger partial charge in [0.2, 0.25) is 0 Å². The fraction of sp³-hybridized carbons (Fsp3) is 0.562. The highest BCUT2D eigenvalue weighted by Crippen LogP contribution is 2.47. The average molecular weight is 243 g/mol. The zero-order chi connectivity index (χ0) is 12.6. The van der Waals surface area contributed by atoms with E-state index in [0.717, 1.165) is 24.9 Å². The number of nitrogens with two attached hydrogens (primary N) is 1. The number of rotatable bonds is 4. The van der Waals surface area contributed by atoms with Gasteiger partial charge < -0.3 is 5.73 Å². The molecular formula is C16H21NO. The third-order valence-electron chi connectivity index (χ3n) is 4.75. The lowest BCUT2D eigenvalue weighted by Gasteiger charge is -2.14. The summed E-state index contributed by atoms with van der Waals surface area (Å²) < 4.78 is 0. The molecule has 0 aliphatic heterocycles. The Balaban J connectivity index is 1.76. The summed E-state index contributed by atoms with van der Waals surface area (Å²) in [5.74, 6) is 0.622. The van der Waals surface area contributed by atoms with Crippen molar-refractivity contribution in [2.45, 2.75) is 43.9 Å². The minimum Gasteiger partial charge on any atom is -0.330 e. The van der Waals surface area contributed by atoms with Gasteiger partial charge in [-0.25, -0.2) is 0 Å². The third-order valence-corrected chi connectivity index (χ3v) is 4.75. The summed E-state index contributed by atoms with van der Waals surface area (Å²) in [4.78, 5) is 12.3. The van der Waals surface area contributed by atoms with Gasteiger partial charge in [0.25, 0.3) is 0 Å². The lowest BCUT2D eigenvalue weighted by molar-refractivity contribution is 0.0923. The molecule has 0 amide bonds. The molecule has 0 spiro atoms. The molecule has 2 aliphatic rings. The van der Waals surface area contributed by atoms with Crippen molar-refractivity contribution in [3.05, 3.63) is 35.4 Å². The molecule has 3 rings (SSSR count). The van der Waals surface area contributed by atoms with E-state index in [-0.39, 0.29) is 11.3 Å². The summed E-state index contributed by atoms with van der Waals surface area (Å²) in [6, 6.07) is 8.24. The van der Waals surface area contributed by atoms with Gasteiger partial charge in [-0.2, -0.15) is 0 Å². The molecule has 0 aromatic heterocycles. The Hall–Kier alpha value is -1.15. The van der Waals surface area contributed by atoms with Crippen molar-refractivity contribution in [3.63, 3.8) is 0 Å². The van der Waals surface area contributed by atoms with Crippen molar-refractivity contribution in [1.82, 2.24) is 0 Å². The third kappa shape index (κ3) is 1.99. The van der Waals surface area contributed by atoms with Crippen LogP contribution in [0, 0.1) is 5.92 Å². The number of hydrogen-bond donors (Lipinski definition) is 1. The molecule has 0 heterocycles. The van der Waals surface area contributed by atoms with E-state index < -0.39 is 0 Å². The second-order valence-corrected chi connectivity index (χ2v) is 5.91.